The number of amides is 2. The average Bonchev–Trinajstić information content (AvgIpc) is 3.21. The molecule has 3 N–H and O–H groups in total. The van der Waals surface area contributed by atoms with E-state index in [1.807, 2.05) is 4.57 Å². The van der Waals surface area contributed by atoms with Gasteiger partial charge in [0, 0.05) is 29.3 Å². The third kappa shape index (κ3) is 4.31. The molecule has 1 saturated carbocycles. The number of hydrogen-bond acceptors (Lipinski definition) is 5. The standard InChI is InChI=1S/C23H26FN5O3/c1-23(2)9-19-17(7-14(10-25)29(19)12-23)16-8-20(27-11-18(16)24)28-21(30)13-4-3-5-15(6-13)32-22(26)31/h7-8,11,13,15H,3-6,9,12H2,1-2H3,(H2,26,31)(H,27,28,30)/t13-,15+/m0/s1. The van der Waals surface area contributed by atoms with Crippen LogP contribution in [0.2, 0.25) is 0 Å². The van der Waals surface area contributed by atoms with Crippen molar-refractivity contribution in [2.45, 2.75) is 58.6 Å². The van der Waals surface area contributed by atoms with Crippen molar-refractivity contribution in [2.24, 2.45) is 17.1 Å². The van der Waals surface area contributed by atoms with E-state index in [9.17, 15) is 19.2 Å². The number of nitrogens with zero attached hydrogens (tertiary/aromatic N) is 3. The summed E-state index contributed by atoms with van der Waals surface area (Å²) in [5, 5.41) is 12.3. The van der Waals surface area contributed by atoms with E-state index in [4.69, 9.17) is 10.5 Å². The van der Waals surface area contributed by atoms with Gasteiger partial charge in [-0.3, -0.25) is 4.79 Å². The molecule has 1 fully saturated rings. The van der Waals surface area contributed by atoms with E-state index >= 15 is 0 Å². The molecular formula is C23H26FN5O3. The first-order valence-corrected chi connectivity index (χ1v) is 10.7. The van der Waals surface area contributed by atoms with Crippen LogP contribution in [0.1, 0.15) is 50.9 Å². The zero-order valence-corrected chi connectivity index (χ0v) is 18.2. The number of nitrogens with two attached hydrogens (primary N) is 1. The van der Waals surface area contributed by atoms with Crippen LogP contribution in [-0.2, 0) is 22.5 Å². The van der Waals surface area contributed by atoms with Crippen molar-refractivity contribution in [3.8, 4) is 17.2 Å². The van der Waals surface area contributed by atoms with Gasteiger partial charge in [-0.1, -0.05) is 13.8 Å². The molecule has 2 atom stereocenters. The quantitative estimate of drug-likeness (QED) is 0.751. The van der Waals surface area contributed by atoms with Crippen LogP contribution >= 0.6 is 0 Å². The molecule has 2 amide bonds. The predicted molar refractivity (Wildman–Crippen MR) is 115 cm³/mol. The van der Waals surface area contributed by atoms with Crippen LogP contribution < -0.4 is 11.1 Å². The van der Waals surface area contributed by atoms with E-state index in [0.29, 0.717) is 42.6 Å². The lowest BCUT2D eigenvalue weighted by Gasteiger charge is -2.27. The Morgan fingerprint density at radius 3 is 2.84 bits per heavy atom. The molecule has 2 aliphatic rings. The number of primary amides is 1. The van der Waals surface area contributed by atoms with Crippen molar-refractivity contribution >= 4 is 17.8 Å². The van der Waals surface area contributed by atoms with Gasteiger partial charge in [0.25, 0.3) is 0 Å². The summed E-state index contributed by atoms with van der Waals surface area (Å²) in [4.78, 5) is 27.8. The molecule has 3 heterocycles. The first kappa shape index (κ1) is 21.8. The Morgan fingerprint density at radius 1 is 1.34 bits per heavy atom. The minimum atomic E-state index is -0.846. The molecule has 0 unspecified atom stereocenters. The van der Waals surface area contributed by atoms with Crippen molar-refractivity contribution in [3.63, 3.8) is 0 Å². The molecule has 168 valence electrons. The smallest absolute Gasteiger partial charge is 0.404 e. The van der Waals surface area contributed by atoms with E-state index in [1.165, 1.54) is 6.07 Å². The second kappa shape index (κ2) is 8.26. The summed E-state index contributed by atoms with van der Waals surface area (Å²) in [5.74, 6) is -0.889. The predicted octanol–water partition coefficient (Wildman–Crippen LogP) is 3.74. The minimum absolute atomic E-state index is 0.0258. The number of nitrogens with one attached hydrogen (secondary N) is 1. The lowest BCUT2D eigenvalue weighted by molar-refractivity contribution is -0.122. The molecule has 4 rings (SSSR count). The van der Waals surface area contributed by atoms with Crippen molar-refractivity contribution in [2.75, 3.05) is 5.32 Å². The SMILES string of the molecule is CC1(C)Cc2c(-c3cc(NC(=O)[C@H]4CCC[C@@H](OC(N)=O)C4)ncc3F)cc(C#N)n2C1. The molecular weight excluding hydrogens is 413 g/mol. The van der Waals surface area contributed by atoms with Gasteiger partial charge in [0.2, 0.25) is 5.91 Å². The van der Waals surface area contributed by atoms with Crippen molar-refractivity contribution in [1.29, 1.82) is 5.26 Å². The number of halogens is 1. The van der Waals surface area contributed by atoms with Crippen LogP contribution in [0, 0.1) is 28.5 Å². The molecule has 0 aromatic carbocycles. The maximum absolute atomic E-state index is 14.8. The normalized spacial score (nSPS) is 21.4. The summed E-state index contributed by atoms with van der Waals surface area (Å²) < 4.78 is 21.8. The van der Waals surface area contributed by atoms with Crippen molar-refractivity contribution in [1.82, 2.24) is 9.55 Å². The van der Waals surface area contributed by atoms with E-state index in [2.05, 4.69) is 30.2 Å². The molecule has 9 heteroatoms. The topological polar surface area (TPSA) is 123 Å². The number of hydrogen-bond donors (Lipinski definition) is 2. The number of fused-ring (bicyclic) bond motifs is 1. The number of ether oxygens (including phenoxy) is 1. The van der Waals surface area contributed by atoms with Gasteiger partial charge in [-0.05, 0) is 49.7 Å². The summed E-state index contributed by atoms with van der Waals surface area (Å²) in [7, 11) is 0. The van der Waals surface area contributed by atoms with Gasteiger partial charge in [-0.2, -0.15) is 5.26 Å². The molecule has 0 radical (unpaired) electrons. The van der Waals surface area contributed by atoms with E-state index in [1.54, 1.807) is 6.07 Å². The molecule has 8 nitrogen and oxygen atoms in total. The highest BCUT2D eigenvalue weighted by Crippen LogP contribution is 2.40. The third-order valence-electron chi connectivity index (χ3n) is 6.23. The van der Waals surface area contributed by atoms with Gasteiger partial charge in [0.1, 0.15) is 29.5 Å². The number of pyridine rings is 1. The van der Waals surface area contributed by atoms with Gasteiger partial charge < -0.3 is 20.4 Å². The van der Waals surface area contributed by atoms with Crippen LogP contribution in [0.25, 0.3) is 11.1 Å². The van der Waals surface area contributed by atoms with Crippen molar-refractivity contribution < 1.29 is 18.7 Å². The monoisotopic (exact) mass is 439 g/mol. The van der Waals surface area contributed by atoms with E-state index in [0.717, 1.165) is 24.7 Å². The second-order valence-corrected chi connectivity index (χ2v) is 9.39. The molecule has 0 bridgehead atoms. The Balaban J connectivity index is 1.57. The maximum Gasteiger partial charge on any atom is 0.404 e. The van der Waals surface area contributed by atoms with Crippen LogP contribution in [0.5, 0.6) is 0 Å². The Bertz CT molecular complexity index is 1120. The first-order valence-electron chi connectivity index (χ1n) is 10.7. The molecule has 0 saturated heterocycles. The third-order valence-corrected chi connectivity index (χ3v) is 6.23. The number of anilines is 1. The summed E-state index contributed by atoms with van der Waals surface area (Å²) in [6.45, 7) is 4.91. The van der Waals surface area contributed by atoms with Gasteiger partial charge in [0.05, 0.1) is 6.20 Å². The molecule has 0 spiro atoms. The summed E-state index contributed by atoms with van der Waals surface area (Å²) in [6, 6.07) is 5.40. The lowest BCUT2D eigenvalue weighted by Crippen LogP contribution is -2.33. The van der Waals surface area contributed by atoms with Gasteiger partial charge >= 0.3 is 6.09 Å². The number of nitriles is 1. The zero-order valence-electron chi connectivity index (χ0n) is 18.2. The number of rotatable bonds is 4. The summed E-state index contributed by atoms with van der Waals surface area (Å²) in [6.07, 6.45) is 3.02. The minimum Gasteiger partial charge on any atom is -0.446 e. The molecule has 2 aromatic rings. The molecule has 1 aliphatic carbocycles. The van der Waals surface area contributed by atoms with Crippen LogP contribution in [0.4, 0.5) is 15.0 Å². The van der Waals surface area contributed by atoms with Gasteiger partial charge in [-0.15, -0.1) is 0 Å². The maximum atomic E-state index is 14.8. The largest absolute Gasteiger partial charge is 0.446 e. The fourth-order valence-corrected chi connectivity index (χ4v) is 4.82. The highest BCUT2D eigenvalue weighted by Gasteiger charge is 2.34. The highest BCUT2D eigenvalue weighted by atomic mass is 19.1. The van der Waals surface area contributed by atoms with Crippen LogP contribution in [0.3, 0.4) is 0 Å². The molecule has 2 aromatic heterocycles. The molecule has 32 heavy (non-hydrogen) atoms. The van der Waals surface area contributed by atoms with Crippen LogP contribution in [-0.4, -0.2) is 27.7 Å². The second-order valence-electron chi connectivity index (χ2n) is 9.39. The van der Waals surface area contributed by atoms with Crippen LogP contribution in [0.15, 0.2) is 18.3 Å². The number of aromatic nitrogens is 2. The summed E-state index contributed by atoms with van der Waals surface area (Å²) in [5.41, 5.74) is 7.42. The van der Waals surface area contributed by atoms with E-state index < -0.39 is 11.9 Å². The Kier molecular flexibility index (Phi) is 5.63. The summed E-state index contributed by atoms with van der Waals surface area (Å²) >= 11 is 0. The van der Waals surface area contributed by atoms with E-state index in [-0.39, 0.29) is 29.2 Å². The Hall–Kier alpha value is -3.41. The fraction of sp³-hybridized carbons (Fsp3) is 0.478. The Morgan fingerprint density at radius 2 is 2.12 bits per heavy atom. The van der Waals surface area contributed by atoms with Crippen molar-refractivity contribution in [3.05, 3.63) is 35.5 Å². The van der Waals surface area contributed by atoms with Gasteiger partial charge in [0.15, 0.2) is 0 Å². The Labute approximate surface area is 185 Å². The zero-order chi connectivity index (χ0) is 23.0. The number of carbonyl (C=O) groups excluding carboxylic acids is 2. The molecule has 1 aliphatic heterocycles. The number of carbonyl (C=O) groups is 2. The lowest BCUT2D eigenvalue weighted by atomic mass is 9.86. The average molecular weight is 439 g/mol. The van der Waals surface area contributed by atoms with Gasteiger partial charge in [-0.25, -0.2) is 14.2 Å². The fourth-order valence-electron chi connectivity index (χ4n) is 4.82. The highest BCUT2D eigenvalue weighted by molar-refractivity contribution is 5.92. The first-order chi connectivity index (χ1) is 15.2.